The Balaban J connectivity index is 2.30. The van der Waals surface area contributed by atoms with Crippen LogP contribution in [0.2, 0.25) is 0 Å². The van der Waals surface area contributed by atoms with E-state index >= 15 is 0 Å². The maximum Gasteiger partial charge on any atom is 0.129 e. The number of nitrogens with one attached hydrogen (secondary N) is 1. The largest absolute Gasteiger partial charge is 0.394 e. The molecule has 0 saturated carbocycles. The molecule has 0 aromatic carbocycles. The van der Waals surface area contributed by atoms with Gasteiger partial charge in [-0.25, -0.2) is 4.98 Å². The Labute approximate surface area is 84.3 Å². The number of pyridine rings is 1. The van der Waals surface area contributed by atoms with Crippen LogP contribution in [-0.4, -0.2) is 22.7 Å². The normalized spacial score (nSPS) is 20.3. The average molecular weight is 276 g/mol. The topological polar surface area (TPSA) is 45.2 Å². The summed E-state index contributed by atoms with van der Waals surface area (Å²) in [5.74, 6) is 0.925. The van der Waals surface area contributed by atoms with Crippen molar-refractivity contribution in [3.8, 4) is 0 Å². The maximum absolute atomic E-state index is 8.92. The van der Waals surface area contributed by atoms with E-state index in [1.165, 1.54) is 5.56 Å². The monoisotopic (exact) mass is 276 g/mol. The van der Waals surface area contributed by atoms with E-state index in [0.29, 0.717) is 0 Å². The summed E-state index contributed by atoms with van der Waals surface area (Å²) in [5, 5.41) is 12.1. The van der Waals surface area contributed by atoms with Gasteiger partial charge in [0, 0.05) is 9.77 Å². The molecule has 1 atom stereocenters. The van der Waals surface area contributed by atoms with E-state index < -0.39 is 0 Å². The highest BCUT2D eigenvalue weighted by atomic mass is 127. The molecule has 1 aromatic heterocycles. The molecule has 1 aromatic rings. The summed E-state index contributed by atoms with van der Waals surface area (Å²) in [6, 6.07) is 2.26. The van der Waals surface area contributed by atoms with E-state index in [0.717, 1.165) is 15.8 Å². The van der Waals surface area contributed by atoms with Gasteiger partial charge in [-0.3, -0.25) is 0 Å². The summed E-state index contributed by atoms with van der Waals surface area (Å²) in [4.78, 5) is 4.23. The van der Waals surface area contributed by atoms with Crippen molar-refractivity contribution in [1.82, 2.24) is 4.98 Å². The first-order valence-electron chi connectivity index (χ1n) is 3.81. The molecule has 0 bridgehead atoms. The van der Waals surface area contributed by atoms with Crippen molar-refractivity contribution in [2.45, 2.75) is 12.5 Å². The Bertz CT molecular complexity index is 303. The molecule has 1 aliphatic heterocycles. The molecule has 2 heterocycles. The molecule has 0 aliphatic carbocycles. The number of aliphatic hydroxyl groups excluding tert-OH is 1. The summed E-state index contributed by atoms with van der Waals surface area (Å²) in [6.45, 7) is 0.174. The molecule has 1 unspecified atom stereocenters. The number of aromatic nitrogens is 1. The number of nitrogens with zero attached hydrogens (tertiary/aromatic N) is 1. The predicted molar refractivity (Wildman–Crippen MR) is 55.2 cm³/mol. The van der Waals surface area contributed by atoms with Crippen LogP contribution in [0.5, 0.6) is 0 Å². The summed E-state index contributed by atoms with van der Waals surface area (Å²) < 4.78 is 1.15. The number of aliphatic hydroxyl groups is 1. The van der Waals surface area contributed by atoms with Gasteiger partial charge < -0.3 is 10.4 Å². The third-order valence-electron chi connectivity index (χ3n) is 1.96. The average Bonchev–Trinajstić information content (AvgIpc) is 2.46. The molecule has 0 amide bonds. The van der Waals surface area contributed by atoms with Gasteiger partial charge in [-0.2, -0.15) is 0 Å². The molecule has 0 saturated heterocycles. The summed E-state index contributed by atoms with van der Waals surface area (Å²) in [7, 11) is 0. The van der Waals surface area contributed by atoms with Crippen molar-refractivity contribution in [2.75, 3.05) is 11.9 Å². The fourth-order valence-electron chi connectivity index (χ4n) is 1.39. The molecular formula is C8H9IN2O. The second-order valence-electron chi connectivity index (χ2n) is 2.89. The smallest absolute Gasteiger partial charge is 0.129 e. The van der Waals surface area contributed by atoms with Gasteiger partial charge in [0.05, 0.1) is 12.6 Å². The van der Waals surface area contributed by atoms with Crippen LogP contribution in [-0.2, 0) is 6.42 Å². The molecule has 2 N–H and O–H groups in total. The first kappa shape index (κ1) is 8.25. The first-order valence-corrected chi connectivity index (χ1v) is 4.89. The standard InChI is InChI=1S/C8H9IN2O/c9-6-1-5-2-7(4-12)11-8(5)10-3-6/h1,3,7,12H,2,4H2,(H,10,11). The van der Waals surface area contributed by atoms with Crippen LogP contribution < -0.4 is 5.32 Å². The molecule has 0 fully saturated rings. The Morgan fingerprint density at radius 3 is 3.33 bits per heavy atom. The number of halogens is 1. The van der Waals surface area contributed by atoms with Crippen LogP contribution in [0.4, 0.5) is 5.82 Å². The van der Waals surface area contributed by atoms with Gasteiger partial charge in [-0.15, -0.1) is 0 Å². The van der Waals surface area contributed by atoms with Crippen molar-refractivity contribution in [3.63, 3.8) is 0 Å². The van der Waals surface area contributed by atoms with Crippen LogP contribution in [0.1, 0.15) is 5.56 Å². The van der Waals surface area contributed by atoms with Crippen molar-refractivity contribution >= 4 is 28.4 Å². The SMILES string of the molecule is OCC1Cc2cc(I)cnc2N1. The zero-order valence-electron chi connectivity index (χ0n) is 6.42. The van der Waals surface area contributed by atoms with E-state index in [1.807, 2.05) is 6.20 Å². The third-order valence-corrected chi connectivity index (χ3v) is 2.55. The Kier molecular flexibility index (Phi) is 2.18. The van der Waals surface area contributed by atoms with Gasteiger partial charge in [0.1, 0.15) is 5.82 Å². The van der Waals surface area contributed by atoms with Crippen molar-refractivity contribution in [1.29, 1.82) is 0 Å². The Hall–Kier alpha value is -0.360. The van der Waals surface area contributed by atoms with Crippen molar-refractivity contribution in [3.05, 3.63) is 21.4 Å². The maximum atomic E-state index is 8.92. The van der Waals surface area contributed by atoms with Crippen LogP contribution in [0.15, 0.2) is 12.3 Å². The van der Waals surface area contributed by atoms with E-state index in [-0.39, 0.29) is 12.6 Å². The molecule has 4 heteroatoms. The van der Waals surface area contributed by atoms with Crippen molar-refractivity contribution < 1.29 is 5.11 Å². The highest BCUT2D eigenvalue weighted by molar-refractivity contribution is 14.1. The first-order chi connectivity index (χ1) is 5.79. The number of hydrogen-bond donors (Lipinski definition) is 2. The van der Waals surface area contributed by atoms with E-state index in [1.54, 1.807) is 0 Å². The molecule has 12 heavy (non-hydrogen) atoms. The lowest BCUT2D eigenvalue weighted by molar-refractivity contribution is 0.277. The lowest BCUT2D eigenvalue weighted by Gasteiger charge is -2.04. The van der Waals surface area contributed by atoms with Crippen LogP contribution >= 0.6 is 22.6 Å². The number of hydrogen-bond acceptors (Lipinski definition) is 3. The Morgan fingerprint density at radius 1 is 1.75 bits per heavy atom. The molecule has 3 nitrogen and oxygen atoms in total. The number of anilines is 1. The zero-order chi connectivity index (χ0) is 8.55. The Morgan fingerprint density at radius 2 is 2.58 bits per heavy atom. The second kappa shape index (κ2) is 3.18. The lowest BCUT2D eigenvalue weighted by Crippen LogP contribution is -2.19. The minimum absolute atomic E-state index is 0.158. The highest BCUT2D eigenvalue weighted by Gasteiger charge is 2.20. The van der Waals surface area contributed by atoms with E-state index in [9.17, 15) is 0 Å². The van der Waals surface area contributed by atoms with Gasteiger partial charge in [-0.1, -0.05) is 0 Å². The van der Waals surface area contributed by atoms with Crippen molar-refractivity contribution in [2.24, 2.45) is 0 Å². The van der Waals surface area contributed by atoms with Crippen LogP contribution in [0.3, 0.4) is 0 Å². The number of fused-ring (bicyclic) bond motifs is 1. The quantitative estimate of drug-likeness (QED) is 0.753. The van der Waals surface area contributed by atoms with Crippen LogP contribution in [0.25, 0.3) is 0 Å². The van der Waals surface area contributed by atoms with Gasteiger partial charge in [0.25, 0.3) is 0 Å². The highest BCUT2D eigenvalue weighted by Crippen LogP contribution is 2.24. The fraction of sp³-hybridized carbons (Fsp3) is 0.375. The van der Waals surface area contributed by atoms with E-state index in [4.69, 9.17) is 5.11 Å². The third kappa shape index (κ3) is 1.40. The van der Waals surface area contributed by atoms with Gasteiger partial charge in [-0.05, 0) is 40.6 Å². The minimum atomic E-state index is 0.158. The van der Waals surface area contributed by atoms with Gasteiger partial charge in [0.2, 0.25) is 0 Å². The van der Waals surface area contributed by atoms with Gasteiger partial charge in [0.15, 0.2) is 0 Å². The summed E-state index contributed by atoms with van der Waals surface area (Å²) in [6.07, 6.45) is 2.71. The molecule has 1 aliphatic rings. The molecular weight excluding hydrogens is 267 g/mol. The summed E-state index contributed by atoms with van der Waals surface area (Å²) >= 11 is 2.24. The number of rotatable bonds is 1. The van der Waals surface area contributed by atoms with E-state index in [2.05, 4.69) is 39.0 Å². The summed E-state index contributed by atoms with van der Waals surface area (Å²) in [5.41, 5.74) is 1.21. The fourth-order valence-corrected chi connectivity index (χ4v) is 1.90. The predicted octanol–water partition coefficient (Wildman–Crippen LogP) is 1.02. The molecule has 64 valence electrons. The molecule has 0 radical (unpaired) electrons. The second-order valence-corrected chi connectivity index (χ2v) is 4.13. The zero-order valence-corrected chi connectivity index (χ0v) is 8.58. The minimum Gasteiger partial charge on any atom is -0.394 e. The molecule has 2 rings (SSSR count). The molecule has 0 spiro atoms. The van der Waals surface area contributed by atoms with Gasteiger partial charge >= 0.3 is 0 Å². The van der Waals surface area contributed by atoms with Crippen LogP contribution in [0, 0.1) is 3.57 Å². The lowest BCUT2D eigenvalue weighted by atomic mass is 10.2.